The summed E-state index contributed by atoms with van der Waals surface area (Å²) in [7, 11) is 0. The van der Waals surface area contributed by atoms with Crippen molar-refractivity contribution in [2.45, 2.75) is 32.2 Å². The van der Waals surface area contributed by atoms with Gasteiger partial charge >= 0.3 is 11.8 Å². The number of fused-ring (bicyclic) bond motifs is 5. The molecule has 3 aliphatic rings. The molecular weight excluding hydrogens is 336 g/mol. The van der Waals surface area contributed by atoms with E-state index in [1.54, 1.807) is 6.07 Å². The number of carbonyl (C=O) groups is 2. The number of thioether (sulfide) groups is 1. The Balaban J connectivity index is 0.000000185. The van der Waals surface area contributed by atoms with Crippen molar-refractivity contribution in [3.05, 3.63) is 33.9 Å². The Labute approximate surface area is 143 Å². The Bertz CT molecular complexity index is 651. The standard InChI is InChI=1S/C8H5NO5.C7H13NOS/c10-8-13-4-5-1-2-7(14-8)6(3-5)9(11)12;1-3-8-6(9)5-7(8)10-4-2/h1-3H,4H2;7H,3-5H2,1-2H3. The van der Waals surface area contributed by atoms with Crippen molar-refractivity contribution in [1.82, 2.24) is 4.90 Å². The minimum absolute atomic E-state index is 0.0139. The van der Waals surface area contributed by atoms with Crippen LogP contribution in [-0.2, 0) is 16.1 Å². The molecule has 0 saturated carbocycles. The summed E-state index contributed by atoms with van der Waals surface area (Å²) < 4.78 is 9.21. The Kier molecular flexibility index (Phi) is 6.02. The summed E-state index contributed by atoms with van der Waals surface area (Å²) >= 11 is 1.86. The molecule has 1 unspecified atom stereocenters. The lowest BCUT2D eigenvalue weighted by Crippen LogP contribution is -2.50. The van der Waals surface area contributed by atoms with Gasteiger partial charge in [0, 0.05) is 12.6 Å². The topological polar surface area (TPSA) is 99.0 Å². The Morgan fingerprint density at radius 2 is 2.12 bits per heavy atom. The highest BCUT2D eigenvalue weighted by Gasteiger charge is 2.34. The normalized spacial score (nSPS) is 18.4. The molecule has 0 radical (unpaired) electrons. The smallest absolute Gasteiger partial charge is 0.429 e. The molecule has 1 amide bonds. The van der Waals surface area contributed by atoms with Crippen LogP contribution in [0, 0.1) is 10.1 Å². The first-order valence-electron chi connectivity index (χ1n) is 7.49. The van der Waals surface area contributed by atoms with Gasteiger partial charge in [0.05, 0.1) is 16.7 Å². The second kappa shape index (κ2) is 8.00. The van der Waals surface area contributed by atoms with Gasteiger partial charge in [0.2, 0.25) is 11.7 Å². The maximum atomic E-state index is 10.9. The van der Waals surface area contributed by atoms with Gasteiger partial charge in [-0.2, -0.15) is 0 Å². The summed E-state index contributed by atoms with van der Waals surface area (Å²) in [4.78, 5) is 33.6. The molecule has 130 valence electrons. The largest absolute Gasteiger partial charge is 0.514 e. The van der Waals surface area contributed by atoms with Crippen LogP contribution in [0.4, 0.5) is 10.5 Å². The molecule has 0 spiro atoms. The molecule has 3 aliphatic heterocycles. The number of hydrogen-bond donors (Lipinski definition) is 0. The molecule has 1 atom stereocenters. The molecule has 0 aromatic heterocycles. The SMILES string of the molecule is CCSC1CC(=O)N1CC.O=C1OCc2ccc(c([N+](=O)[O-])c2)O1. The molecule has 8 nitrogen and oxygen atoms in total. The summed E-state index contributed by atoms with van der Waals surface area (Å²) in [5, 5.41) is 11.0. The number of nitro benzene ring substituents is 1. The molecule has 1 aromatic rings. The van der Waals surface area contributed by atoms with E-state index in [0.29, 0.717) is 16.8 Å². The maximum Gasteiger partial charge on any atom is 0.514 e. The lowest BCUT2D eigenvalue weighted by atomic mass is 10.2. The van der Waals surface area contributed by atoms with E-state index in [1.807, 2.05) is 23.6 Å². The minimum Gasteiger partial charge on any atom is -0.429 e. The minimum atomic E-state index is -0.922. The van der Waals surface area contributed by atoms with Crippen molar-refractivity contribution in [2.24, 2.45) is 0 Å². The fourth-order valence-corrected chi connectivity index (χ4v) is 3.38. The number of β-lactam (4-membered cyclic amide) rings is 1. The summed E-state index contributed by atoms with van der Waals surface area (Å²) in [6.45, 7) is 5.01. The van der Waals surface area contributed by atoms with Crippen LogP contribution in [0.1, 0.15) is 25.8 Å². The van der Waals surface area contributed by atoms with Crippen molar-refractivity contribution < 1.29 is 24.0 Å². The third kappa shape index (κ3) is 4.16. The number of nitro groups is 1. The highest BCUT2D eigenvalue weighted by Crippen LogP contribution is 2.30. The number of carbonyl (C=O) groups excluding carboxylic acids is 2. The number of likely N-dealkylation sites (tertiary alicyclic amines) is 1. The number of nitrogens with zero attached hydrogens (tertiary/aromatic N) is 2. The van der Waals surface area contributed by atoms with Crippen molar-refractivity contribution >= 4 is 29.5 Å². The van der Waals surface area contributed by atoms with E-state index in [1.165, 1.54) is 12.1 Å². The predicted octanol–water partition coefficient (Wildman–Crippen LogP) is 2.94. The van der Waals surface area contributed by atoms with Crippen LogP contribution < -0.4 is 4.74 Å². The quantitative estimate of drug-likeness (QED) is 0.269. The molecule has 24 heavy (non-hydrogen) atoms. The van der Waals surface area contributed by atoms with Gasteiger partial charge in [0.1, 0.15) is 6.61 Å². The van der Waals surface area contributed by atoms with E-state index >= 15 is 0 Å². The van der Waals surface area contributed by atoms with Crippen LogP contribution in [0.3, 0.4) is 0 Å². The Morgan fingerprint density at radius 3 is 2.71 bits per heavy atom. The monoisotopic (exact) mass is 354 g/mol. The van der Waals surface area contributed by atoms with Crippen molar-refractivity contribution in [3.63, 3.8) is 0 Å². The van der Waals surface area contributed by atoms with Gasteiger partial charge in [-0.05, 0) is 24.3 Å². The van der Waals surface area contributed by atoms with E-state index in [4.69, 9.17) is 0 Å². The van der Waals surface area contributed by atoms with Gasteiger partial charge < -0.3 is 14.4 Å². The first-order valence-corrected chi connectivity index (χ1v) is 8.54. The van der Waals surface area contributed by atoms with E-state index < -0.39 is 11.1 Å². The molecule has 1 fully saturated rings. The predicted molar refractivity (Wildman–Crippen MR) is 87.8 cm³/mol. The fourth-order valence-electron chi connectivity index (χ4n) is 2.29. The molecule has 1 saturated heterocycles. The average molecular weight is 354 g/mol. The van der Waals surface area contributed by atoms with E-state index in [0.717, 1.165) is 18.7 Å². The zero-order valence-electron chi connectivity index (χ0n) is 13.4. The highest BCUT2D eigenvalue weighted by molar-refractivity contribution is 7.99. The molecule has 9 heteroatoms. The van der Waals surface area contributed by atoms with Crippen molar-refractivity contribution in [1.29, 1.82) is 0 Å². The van der Waals surface area contributed by atoms with Crippen molar-refractivity contribution in [2.75, 3.05) is 12.3 Å². The van der Waals surface area contributed by atoms with Crippen LogP contribution in [0.25, 0.3) is 0 Å². The van der Waals surface area contributed by atoms with Crippen LogP contribution in [-0.4, -0.2) is 39.6 Å². The van der Waals surface area contributed by atoms with Gasteiger partial charge in [-0.15, -0.1) is 11.8 Å². The van der Waals surface area contributed by atoms with Crippen LogP contribution in [0.15, 0.2) is 18.2 Å². The van der Waals surface area contributed by atoms with Gasteiger partial charge in [-0.25, -0.2) is 4.79 Å². The summed E-state index contributed by atoms with van der Waals surface area (Å²) in [5.41, 5.74) is 0.344. The average Bonchev–Trinajstić information content (AvgIpc) is 2.51. The zero-order valence-corrected chi connectivity index (χ0v) is 14.2. The zero-order chi connectivity index (χ0) is 17.7. The summed E-state index contributed by atoms with van der Waals surface area (Å²) in [5.74, 6) is 1.32. The molecular formula is C15H18N2O6S. The molecule has 2 bridgehead atoms. The van der Waals surface area contributed by atoms with Gasteiger partial charge in [0.15, 0.2) is 0 Å². The third-order valence-electron chi connectivity index (χ3n) is 3.49. The van der Waals surface area contributed by atoms with E-state index in [-0.39, 0.29) is 18.0 Å². The van der Waals surface area contributed by atoms with E-state index in [9.17, 15) is 19.7 Å². The first kappa shape index (κ1) is 18.1. The lowest BCUT2D eigenvalue weighted by Gasteiger charge is -2.38. The molecule has 1 aromatic carbocycles. The Morgan fingerprint density at radius 1 is 1.38 bits per heavy atom. The molecule has 0 aliphatic carbocycles. The van der Waals surface area contributed by atoms with Gasteiger partial charge in [-0.3, -0.25) is 14.9 Å². The van der Waals surface area contributed by atoms with E-state index in [2.05, 4.69) is 16.4 Å². The molecule has 3 heterocycles. The molecule has 4 rings (SSSR count). The second-order valence-electron chi connectivity index (χ2n) is 4.99. The number of ether oxygens (including phenoxy) is 2. The fraction of sp³-hybridized carbons (Fsp3) is 0.467. The number of rotatable bonds is 4. The summed E-state index contributed by atoms with van der Waals surface area (Å²) in [6.07, 6.45) is -0.166. The lowest BCUT2D eigenvalue weighted by molar-refractivity contribution is -0.385. The van der Waals surface area contributed by atoms with Crippen LogP contribution >= 0.6 is 11.8 Å². The van der Waals surface area contributed by atoms with Gasteiger partial charge in [-0.1, -0.05) is 13.0 Å². The second-order valence-corrected chi connectivity index (χ2v) is 6.45. The Hall–Kier alpha value is -2.29. The summed E-state index contributed by atoms with van der Waals surface area (Å²) in [6, 6.07) is 4.31. The number of hydrogen-bond acceptors (Lipinski definition) is 7. The van der Waals surface area contributed by atoms with Gasteiger partial charge in [0.25, 0.3) is 0 Å². The maximum absolute atomic E-state index is 10.9. The highest BCUT2D eigenvalue weighted by atomic mass is 32.2. The molecule has 0 N–H and O–H groups in total. The van der Waals surface area contributed by atoms with Crippen LogP contribution in [0.2, 0.25) is 0 Å². The first-order chi connectivity index (χ1) is 11.5. The number of amides is 1. The van der Waals surface area contributed by atoms with Crippen molar-refractivity contribution in [3.8, 4) is 5.75 Å². The van der Waals surface area contributed by atoms with Crippen LogP contribution in [0.5, 0.6) is 5.75 Å². The third-order valence-corrected chi connectivity index (χ3v) is 4.63. The number of benzene rings is 1.